The van der Waals surface area contributed by atoms with Crippen LogP contribution in [0.2, 0.25) is 0 Å². The zero-order valence-electron chi connectivity index (χ0n) is 17.8. The molecule has 0 spiro atoms. The number of rotatable bonds is 6. The van der Waals surface area contributed by atoms with Crippen molar-refractivity contribution in [2.75, 3.05) is 7.11 Å². The van der Waals surface area contributed by atoms with Crippen LogP contribution in [0.3, 0.4) is 0 Å². The molecule has 2 heterocycles. The monoisotopic (exact) mass is 412 g/mol. The third-order valence-corrected chi connectivity index (χ3v) is 5.25. The van der Waals surface area contributed by atoms with E-state index in [1.807, 2.05) is 31.2 Å². The van der Waals surface area contributed by atoms with Gasteiger partial charge in [0.2, 0.25) is 5.91 Å². The van der Waals surface area contributed by atoms with Gasteiger partial charge in [0.05, 0.1) is 13.4 Å². The molecule has 1 N–H and O–H groups in total. The number of allylic oxidation sites excluding steroid dienone is 1. The van der Waals surface area contributed by atoms with Crippen LogP contribution in [0, 0.1) is 6.92 Å². The van der Waals surface area contributed by atoms with Crippen LogP contribution in [0.15, 0.2) is 77.7 Å². The minimum absolute atomic E-state index is 0.164. The first kappa shape index (κ1) is 20.4. The fraction of sp³-hybridized carbons (Fsp3) is 0.154. The van der Waals surface area contributed by atoms with Crippen molar-refractivity contribution >= 4 is 22.4 Å². The number of aromatic nitrogens is 1. The molecule has 0 aliphatic rings. The standard InChI is InChI=1S/C26H24N2O3/c1-17-4-6-20(7-5-17)23-16-31-25-14-24(30-3)21(13-22(23)25)18(2)12-26(29)28-15-19-8-10-27-11-9-19/h4-14,16H,15H2,1-3H3,(H,28,29)/b18-12+. The van der Waals surface area contributed by atoms with Crippen molar-refractivity contribution in [2.45, 2.75) is 20.4 Å². The summed E-state index contributed by atoms with van der Waals surface area (Å²) in [7, 11) is 1.62. The fourth-order valence-corrected chi connectivity index (χ4v) is 3.50. The second-order valence-electron chi connectivity index (χ2n) is 7.46. The van der Waals surface area contributed by atoms with Crippen molar-refractivity contribution in [3.8, 4) is 16.9 Å². The Morgan fingerprint density at radius 2 is 1.87 bits per heavy atom. The molecule has 5 nitrogen and oxygen atoms in total. The van der Waals surface area contributed by atoms with Crippen molar-refractivity contribution in [1.29, 1.82) is 0 Å². The van der Waals surface area contributed by atoms with Gasteiger partial charge in [-0.15, -0.1) is 0 Å². The summed E-state index contributed by atoms with van der Waals surface area (Å²) in [5.41, 5.74) is 6.69. The molecule has 0 radical (unpaired) electrons. The molecule has 1 amide bonds. The molecule has 0 saturated heterocycles. The Bertz CT molecular complexity index is 1240. The largest absolute Gasteiger partial charge is 0.496 e. The van der Waals surface area contributed by atoms with Crippen LogP contribution >= 0.6 is 0 Å². The minimum Gasteiger partial charge on any atom is -0.496 e. The molecule has 4 aromatic rings. The zero-order chi connectivity index (χ0) is 21.8. The molecular weight excluding hydrogens is 388 g/mol. The van der Waals surface area contributed by atoms with Crippen LogP contribution < -0.4 is 10.1 Å². The first-order chi connectivity index (χ1) is 15.0. The molecule has 0 aliphatic carbocycles. The van der Waals surface area contributed by atoms with Crippen LogP contribution in [-0.4, -0.2) is 18.0 Å². The van der Waals surface area contributed by atoms with Crippen LogP contribution in [-0.2, 0) is 11.3 Å². The molecule has 0 fully saturated rings. The number of furan rings is 1. The van der Waals surface area contributed by atoms with E-state index in [-0.39, 0.29) is 5.91 Å². The van der Waals surface area contributed by atoms with Crippen LogP contribution in [0.4, 0.5) is 0 Å². The number of ether oxygens (including phenoxy) is 1. The van der Waals surface area contributed by atoms with E-state index >= 15 is 0 Å². The minimum atomic E-state index is -0.164. The maximum Gasteiger partial charge on any atom is 0.244 e. The number of hydrogen-bond acceptors (Lipinski definition) is 4. The first-order valence-corrected chi connectivity index (χ1v) is 10.1. The number of carbonyl (C=O) groups excluding carboxylic acids is 1. The highest BCUT2D eigenvalue weighted by Gasteiger charge is 2.15. The topological polar surface area (TPSA) is 64.4 Å². The van der Waals surface area contributed by atoms with Crippen molar-refractivity contribution in [3.63, 3.8) is 0 Å². The lowest BCUT2D eigenvalue weighted by molar-refractivity contribution is -0.116. The normalized spacial score (nSPS) is 11.5. The number of benzene rings is 2. The van der Waals surface area contributed by atoms with E-state index in [1.165, 1.54) is 5.56 Å². The summed E-state index contributed by atoms with van der Waals surface area (Å²) >= 11 is 0. The maximum atomic E-state index is 12.5. The molecule has 4 rings (SSSR count). The Hall–Kier alpha value is -3.86. The Morgan fingerprint density at radius 3 is 2.58 bits per heavy atom. The van der Waals surface area contributed by atoms with Gasteiger partial charge >= 0.3 is 0 Å². The fourth-order valence-electron chi connectivity index (χ4n) is 3.50. The number of pyridine rings is 1. The number of methoxy groups -OCH3 is 1. The summed E-state index contributed by atoms with van der Waals surface area (Å²) in [4.78, 5) is 16.5. The Morgan fingerprint density at radius 1 is 1.13 bits per heavy atom. The predicted molar refractivity (Wildman–Crippen MR) is 123 cm³/mol. The SMILES string of the molecule is COc1cc2occ(-c3ccc(C)cc3)c2cc1/C(C)=C/C(=O)NCc1ccncc1. The van der Waals surface area contributed by atoms with Crippen molar-refractivity contribution in [3.05, 3.63) is 90.0 Å². The highest BCUT2D eigenvalue weighted by molar-refractivity contribution is 6.00. The first-order valence-electron chi connectivity index (χ1n) is 10.1. The Labute approximate surface area is 181 Å². The lowest BCUT2D eigenvalue weighted by Crippen LogP contribution is -2.20. The van der Waals surface area contributed by atoms with Crippen molar-refractivity contribution < 1.29 is 13.9 Å². The average Bonchev–Trinajstić information content (AvgIpc) is 3.21. The van der Waals surface area contributed by atoms with Crippen LogP contribution in [0.1, 0.15) is 23.6 Å². The number of carbonyl (C=O) groups is 1. The van der Waals surface area contributed by atoms with Gasteiger partial charge in [-0.05, 0) is 48.7 Å². The van der Waals surface area contributed by atoms with Gasteiger partial charge in [-0.1, -0.05) is 29.8 Å². The van der Waals surface area contributed by atoms with Gasteiger partial charge in [0.15, 0.2) is 0 Å². The van der Waals surface area contributed by atoms with Gasteiger partial charge in [-0.25, -0.2) is 0 Å². The smallest absolute Gasteiger partial charge is 0.244 e. The third kappa shape index (κ3) is 4.51. The predicted octanol–water partition coefficient (Wildman–Crippen LogP) is 5.53. The maximum absolute atomic E-state index is 12.5. The molecule has 5 heteroatoms. The summed E-state index contributed by atoms with van der Waals surface area (Å²) in [5, 5.41) is 3.89. The van der Waals surface area contributed by atoms with Gasteiger partial charge in [0.25, 0.3) is 0 Å². The molecule has 2 aromatic heterocycles. The van der Waals surface area contributed by atoms with Gasteiger partial charge in [0, 0.05) is 47.6 Å². The molecule has 0 aliphatic heterocycles. The molecule has 31 heavy (non-hydrogen) atoms. The van der Waals surface area contributed by atoms with Gasteiger partial charge < -0.3 is 14.5 Å². The van der Waals surface area contributed by atoms with Crippen LogP contribution in [0.25, 0.3) is 27.7 Å². The third-order valence-electron chi connectivity index (χ3n) is 5.25. The second-order valence-corrected chi connectivity index (χ2v) is 7.46. The molecular formula is C26H24N2O3. The van der Waals surface area contributed by atoms with E-state index in [0.29, 0.717) is 12.3 Å². The zero-order valence-corrected chi connectivity index (χ0v) is 17.8. The van der Waals surface area contributed by atoms with Gasteiger partial charge in [-0.3, -0.25) is 9.78 Å². The molecule has 0 saturated carbocycles. The van der Waals surface area contributed by atoms with E-state index in [2.05, 4.69) is 41.5 Å². The second kappa shape index (κ2) is 8.88. The highest BCUT2D eigenvalue weighted by atomic mass is 16.5. The summed E-state index contributed by atoms with van der Waals surface area (Å²) in [6, 6.07) is 16.0. The van der Waals surface area contributed by atoms with E-state index in [1.54, 1.807) is 31.8 Å². The highest BCUT2D eigenvalue weighted by Crippen LogP contribution is 2.37. The van der Waals surface area contributed by atoms with E-state index in [4.69, 9.17) is 9.15 Å². The average molecular weight is 412 g/mol. The van der Waals surface area contributed by atoms with Gasteiger partial charge in [0.1, 0.15) is 11.3 Å². The number of nitrogens with zero attached hydrogens (tertiary/aromatic N) is 1. The summed E-state index contributed by atoms with van der Waals surface area (Å²) in [6.45, 7) is 4.41. The summed E-state index contributed by atoms with van der Waals surface area (Å²) in [5.74, 6) is 0.496. The summed E-state index contributed by atoms with van der Waals surface area (Å²) in [6.07, 6.45) is 6.77. The van der Waals surface area contributed by atoms with Crippen molar-refractivity contribution in [1.82, 2.24) is 10.3 Å². The molecule has 0 unspecified atom stereocenters. The van der Waals surface area contributed by atoms with Crippen molar-refractivity contribution in [2.24, 2.45) is 0 Å². The Balaban J connectivity index is 1.65. The molecule has 2 aromatic carbocycles. The lowest BCUT2D eigenvalue weighted by Gasteiger charge is -2.10. The number of amides is 1. The van der Waals surface area contributed by atoms with Crippen LogP contribution in [0.5, 0.6) is 5.75 Å². The quantitative estimate of drug-likeness (QED) is 0.423. The number of hydrogen-bond donors (Lipinski definition) is 1. The summed E-state index contributed by atoms with van der Waals surface area (Å²) < 4.78 is 11.4. The Kier molecular flexibility index (Phi) is 5.85. The molecule has 0 bridgehead atoms. The van der Waals surface area contributed by atoms with Gasteiger partial charge in [-0.2, -0.15) is 0 Å². The number of nitrogens with one attached hydrogen (secondary N) is 1. The molecule has 156 valence electrons. The number of aryl methyl sites for hydroxylation is 1. The van der Waals surface area contributed by atoms with E-state index < -0.39 is 0 Å². The van der Waals surface area contributed by atoms with E-state index in [0.717, 1.165) is 38.8 Å². The number of fused-ring (bicyclic) bond motifs is 1. The molecule has 0 atom stereocenters. The van der Waals surface area contributed by atoms with E-state index in [9.17, 15) is 4.79 Å². The lowest BCUT2D eigenvalue weighted by atomic mass is 9.99.